The van der Waals surface area contributed by atoms with E-state index in [0.29, 0.717) is 213 Å². The number of aryl methyl sites for hydroxylation is 4. The summed E-state index contributed by atoms with van der Waals surface area (Å²) in [6, 6.07) is 50.6. The molecular formula is C106H100F8N24O6. The summed E-state index contributed by atoms with van der Waals surface area (Å²) in [4.78, 5) is 113. The van der Waals surface area contributed by atoms with Crippen LogP contribution in [0.1, 0.15) is 22.3 Å². The van der Waals surface area contributed by atoms with Crippen molar-refractivity contribution in [3.8, 4) is 102 Å². The third-order valence-corrected chi connectivity index (χ3v) is 25.1. The van der Waals surface area contributed by atoms with E-state index in [0.717, 1.165) is 39.6 Å². The number of nitrogens with zero attached hydrogens (tertiary/aromatic N) is 24. The molecule has 8 aromatic carbocycles. The molecule has 144 heavy (non-hydrogen) atoms. The van der Waals surface area contributed by atoms with Crippen LogP contribution in [0.2, 0.25) is 0 Å². The molecule has 4 aliphatic heterocycles. The highest BCUT2D eigenvalue weighted by Gasteiger charge is 2.31. The van der Waals surface area contributed by atoms with Crippen molar-refractivity contribution < 1.29 is 63.8 Å². The van der Waals surface area contributed by atoms with Gasteiger partial charge in [-0.2, -0.15) is 5.10 Å². The lowest BCUT2D eigenvalue weighted by Gasteiger charge is -2.35. The SMILES string of the molecule is COc1ccnc(N2CCN(C(=O)Cn3cc(-c4ccc(F)c(C)c4)nc3-c3ccc(F)cc3)CC2)c1.COc1cnc(N2CCN(C(=O)Cn3cc(-c4ccc(F)c(C)c4)nc3-c3ccc(F)cc3)CC2)nc1.Cc1cc(-c2cn(CC(=O)N3CCN(c4cccnn4)CC3)c(-c3ccc(F)cc3)n2)ccc1F.Cc1cc(-c2cn(CC(=O)N3CCN(c4ncncn4)CC3)c(-c3ccc(F)cc3)n2)ccc1F. The molecule has 4 aliphatic rings. The lowest BCUT2D eigenvalue weighted by molar-refractivity contribution is -0.132. The summed E-state index contributed by atoms with van der Waals surface area (Å²) in [6.07, 6.45) is 16.6. The highest BCUT2D eigenvalue weighted by Crippen LogP contribution is 2.35. The van der Waals surface area contributed by atoms with E-state index in [1.54, 1.807) is 223 Å². The molecule has 8 aromatic heterocycles. The molecule has 736 valence electrons. The molecule has 0 atom stereocenters. The van der Waals surface area contributed by atoms with Gasteiger partial charge in [0.2, 0.25) is 35.5 Å². The fourth-order valence-electron chi connectivity index (χ4n) is 17.0. The van der Waals surface area contributed by atoms with Crippen LogP contribution in [0.3, 0.4) is 0 Å². The van der Waals surface area contributed by atoms with Crippen LogP contribution in [-0.4, -0.2) is 240 Å². The Bertz CT molecular complexity index is 6970. The smallest absolute Gasteiger partial charge is 0.242 e. The van der Waals surface area contributed by atoms with Gasteiger partial charge in [0.05, 0.1) is 49.4 Å². The number of hydrogen-bond acceptors (Lipinski definition) is 22. The molecule has 20 rings (SSSR count). The zero-order valence-electron chi connectivity index (χ0n) is 79.6. The highest BCUT2D eigenvalue weighted by atomic mass is 19.2. The molecule has 4 fully saturated rings. The second kappa shape index (κ2) is 45.1. The Kier molecular flexibility index (Phi) is 30.9. The number of ether oxygens (including phenoxy) is 2. The van der Waals surface area contributed by atoms with E-state index in [1.807, 2.05) is 37.8 Å². The third kappa shape index (κ3) is 24.0. The standard InChI is InChI=1S/C28H27F2N5O2.C27H26F2N6O2.C26H24F2N6O.C25H23F2N7O/c1-19-15-21(5-8-24(19)30)25-17-35(28(32-25)20-3-6-22(29)7-4-20)18-27(36)34-13-11-33(12-14-34)26-16-23(37-2)9-10-31-26;1-18-13-20(5-8-23(18)29)24-16-35(26(32-24)19-3-6-21(28)7-4-19)17-25(36)33-9-11-34(12-10-33)27-30-14-22(37-2)15-31-27;1-18-15-20(6-9-22(18)28)23-16-34(26(30-23)19-4-7-21(27)8-5-19)17-25(35)33-13-11-32(12-14-33)24-3-2-10-29-31-24;1-17-12-19(4-7-21(17)27)22-13-34(24(31-22)18-2-5-20(26)6-3-18)14-23(35)32-8-10-33(11-9-32)25-29-15-28-16-30-25/h3-10,15-17H,11-14,18H2,1-2H3;3-8,13-16H,9-12,17H2,1-2H3;2-10,15-16H,11-14,17H2,1H3;2-7,12-13,15-16H,8-11,14H2,1H3. The number of carbonyl (C=O) groups excluding carboxylic acids is 4. The normalized spacial score (nSPS) is 13.7. The molecule has 0 unspecified atom stereocenters. The van der Waals surface area contributed by atoms with Gasteiger partial charge in [-0.15, -0.1) is 5.10 Å². The Morgan fingerprint density at radius 1 is 0.299 bits per heavy atom. The number of piperazine rings is 4. The first kappa shape index (κ1) is 98.6. The van der Waals surface area contributed by atoms with Crippen LogP contribution >= 0.6 is 0 Å². The number of hydrogen-bond donors (Lipinski definition) is 0. The van der Waals surface area contributed by atoms with Crippen LogP contribution in [-0.2, 0) is 45.4 Å². The monoisotopic (exact) mass is 1960 g/mol. The molecule has 4 amide bonds. The van der Waals surface area contributed by atoms with Crippen LogP contribution in [0.25, 0.3) is 90.6 Å². The number of amides is 4. The first-order chi connectivity index (χ1) is 69.8. The minimum absolute atomic E-state index is 0.0357. The molecule has 0 bridgehead atoms. The zero-order valence-corrected chi connectivity index (χ0v) is 79.6. The van der Waals surface area contributed by atoms with Gasteiger partial charge in [0.15, 0.2) is 11.6 Å². The number of imidazole rings is 4. The van der Waals surface area contributed by atoms with E-state index in [1.165, 1.54) is 85.5 Å². The fraction of sp³-hybridized carbons (Fsp3) is 0.245. The summed E-state index contributed by atoms with van der Waals surface area (Å²) < 4.78 is 127. The van der Waals surface area contributed by atoms with Gasteiger partial charge in [0.1, 0.15) is 120 Å². The maximum atomic E-state index is 13.8. The van der Waals surface area contributed by atoms with Crippen molar-refractivity contribution in [2.24, 2.45) is 0 Å². The number of anilines is 4. The summed E-state index contributed by atoms with van der Waals surface area (Å²) in [5.74, 6) is 3.55. The van der Waals surface area contributed by atoms with E-state index in [4.69, 9.17) is 29.4 Å². The number of pyridine rings is 1. The molecule has 0 radical (unpaired) electrons. The molecule has 0 saturated carbocycles. The molecule has 16 aromatic rings. The maximum Gasteiger partial charge on any atom is 0.242 e. The van der Waals surface area contributed by atoms with Gasteiger partial charge in [-0.25, -0.2) is 85.0 Å². The minimum atomic E-state index is -0.356. The zero-order chi connectivity index (χ0) is 101. The summed E-state index contributed by atoms with van der Waals surface area (Å²) in [7, 11) is 3.18. The van der Waals surface area contributed by atoms with Gasteiger partial charge in [-0.1, -0.05) is 0 Å². The molecule has 0 aliphatic carbocycles. The Morgan fingerprint density at radius 2 is 0.583 bits per heavy atom. The second-order valence-electron chi connectivity index (χ2n) is 34.7. The summed E-state index contributed by atoms with van der Waals surface area (Å²) in [5, 5.41) is 8.07. The summed E-state index contributed by atoms with van der Waals surface area (Å²) in [6.45, 7) is 16.5. The third-order valence-electron chi connectivity index (χ3n) is 25.1. The van der Waals surface area contributed by atoms with Crippen molar-refractivity contribution in [2.75, 3.05) is 139 Å². The largest absolute Gasteiger partial charge is 0.497 e. The predicted octanol–water partition coefficient (Wildman–Crippen LogP) is 15.8. The first-order valence-corrected chi connectivity index (χ1v) is 46.5. The van der Waals surface area contributed by atoms with Crippen molar-refractivity contribution in [1.82, 2.24) is 97.9 Å². The van der Waals surface area contributed by atoms with E-state index in [-0.39, 0.29) is 96.3 Å². The summed E-state index contributed by atoms with van der Waals surface area (Å²) >= 11 is 0. The van der Waals surface area contributed by atoms with Gasteiger partial charge in [0.25, 0.3) is 0 Å². The van der Waals surface area contributed by atoms with E-state index < -0.39 is 0 Å². The molecule has 0 spiro atoms. The Labute approximate surface area is 824 Å². The van der Waals surface area contributed by atoms with Crippen LogP contribution in [0.4, 0.5) is 58.7 Å². The number of methoxy groups -OCH3 is 2. The van der Waals surface area contributed by atoms with Gasteiger partial charge >= 0.3 is 0 Å². The van der Waals surface area contributed by atoms with E-state index in [9.17, 15) is 54.3 Å². The quantitative estimate of drug-likeness (QED) is 0.0570. The van der Waals surface area contributed by atoms with Crippen molar-refractivity contribution in [3.05, 3.63) is 325 Å². The van der Waals surface area contributed by atoms with Crippen LogP contribution in [0.15, 0.2) is 256 Å². The fourth-order valence-corrected chi connectivity index (χ4v) is 17.0. The number of carbonyl (C=O) groups is 4. The Morgan fingerprint density at radius 3 is 0.868 bits per heavy atom. The van der Waals surface area contributed by atoms with Crippen LogP contribution < -0.4 is 29.1 Å². The predicted molar refractivity (Wildman–Crippen MR) is 527 cm³/mol. The van der Waals surface area contributed by atoms with Gasteiger partial charge in [-0.3, -0.25) is 19.2 Å². The molecule has 30 nitrogen and oxygen atoms in total. The van der Waals surface area contributed by atoms with Gasteiger partial charge in [0, 0.05) is 192 Å². The first-order valence-electron chi connectivity index (χ1n) is 46.5. The molecule has 12 heterocycles. The second-order valence-corrected chi connectivity index (χ2v) is 34.7. The number of aromatic nitrogens is 16. The van der Waals surface area contributed by atoms with Crippen LogP contribution in [0.5, 0.6) is 11.5 Å². The Balaban J connectivity index is 0.000000132. The maximum absolute atomic E-state index is 13.8. The summed E-state index contributed by atoms with van der Waals surface area (Å²) in [5.41, 5.74) is 10.2. The topological polar surface area (TPSA) is 287 Å². The lowest BCUT2D eigenvalue weighted by atomic mass is 10.1. The Hall–Kier alpha value is -17.0. The average molecular weight is 1960 g/mol. The molecule has 0 N–H and O–H groups in total. The van der Waals surface area contributed by atoms with E-state index in [2.05, 4.69) is 49.9 Å². The number of rotatable bonds is 22. The van der Waals surface area contributed by atoms with Crippen molar-refractivity contribution in [3.63, 3.8) is 0 Å². The lowest BCUT2D eigenvalue weighted by Crippen LogP contribution is -2.50. The van der Waals surface area contributed by atoms with Crippen LogP contribution in [0, 0.1) is 74.2 Å². The van der Waals surface area contributed by atoms with Crippen molar-refractivity contribution >= 4 is 47.2 Å². The van der Waals surface area contributed by atoms with Crippen molar-refractivity contribution in [1.29, 1.82) is 0 Å². The minimum Gasteiger partial charge on any atom is -0.497 e. The number of halogens is 8. The van der Waals surface area contributed by atoms with Crippen molar-refractivity contribution in [2.45, 2.75) is 53.9 Å². The number of benzene rings is 8. The van der Waals surface area contributed by atoms with Gasteiger partial charge < -0.3 is 66.9 Å². The molecule has 4 saturated heterocycles. The molecular weight excluding hydrogens is 1860 g/mol. The average Bonchev–Trinajstić information content (AvgIpc) is 1.66. The van der Waals surface area contributed by atoms with Gasteiger partial charge in [-0.05, 0) is 238 Å². The molecule has 38 heteroatoms. The highest BCUT2D eigenvalue weighted by molar-refractivity contribution is 5.82. The van der Waals surface area contributed by atoms with E-state index >= 15 is 0 Å².